The molecule has 0 saturated carbocycles. The van der Waals surface area contributed by atoms with Crippen LogP contribution in [0.3, 0.4) is 0 Å². The molecule has 0 aliphatic carbocycles. The number of nitrogens with zero attached hydrogens (tertiary/aromatic N) is 1. The fourth-order valence-corrected chi connectivity index (χ4v) is 4.01. The standard InChI is InChI=1S/C19H22N2O2S/c1-4-14-12-21(16-7-5-6-8-18(16)24-14)19(22)20-15-11-13(2)9-10-17(15)23-3/h5-11,14H,4,12H2,1-3H3,(H,20,22)/t14-/m0/s1. The fraction of sp³-hybridized carbons (Fsp3) is 0.316. The maximum atomic E-state index is 12.9. The molecule has 2 aromatic carbocycles. The third kappa shape index (κ3) is 3.36. The molecule has 2 aromatic rings. The Bertz CT molecular complexity index is 748. The molecule has 0 aromatic heterocycles. The lowest BCUT2D eigenvalue weighted by atomic mass is 10.2. The van der Waals surface area contributed by atoms with Crippen LogP contribution in [-0.2, 0) is 0 Å². The highest BCUT2D eigenvalue weighted by Gasteiger charge is 2.28. The van der Waals surface area contributed by atoms with E-state index in [0.29, 0.717) is 23.2 Å². The molecule has 4 nitrogen and oxygen atoms in total. The summed E-state index contributed by atoms with van der Waals surface area (Å²) >= 11 is 1.85. The van der Waals surface area contributed by atoms with Gasteiger partial charge in [-0.1, -0.05) is 25.1 Å². The molecular weight excluding hydrogens is 320 g/mol. The van der Waals surface area contributed by atoms with Gasteiger partial charge in [0.15, 0.2) is 0 Å². The number of ether oxygens (including phenoxy) is 1. The van der Waals surface area contributed by atoms with Crippen LogP contribution in [0.5, 0.6) is 5.75 Å². The monoisotopic (exact) mass is 342 g/mol. The lowest BCUT2D eigenvalue weighted by Gasteiger charge is -2.33. The predicted molar refractivity (Wildman–Crippen MR) is 100 cm³/mol. The predicted octanol–water partition coefficient (Wildman–Crippen LogP) is 4.93. The number of hydrogen-bond donors (Lipinski definition) is 1. The Balaban J connectivity index is 1.88. The van der Waals surface area contributed by atoms with Crippen LogP contribution in [0.1, 0.15) is 18.9 Å². The molecule has 0 unspecified atom stereocenters. The lowest BCUT2D eigenvalue weighted by molar-refractivity contribution is 0.256. The number of fused-ring (bicyclic) bond motifs is 1. The number of urea groups is 1. The Hall–Kier alpha value is -2.14. The number of aryl methyl sites for hydroxylation is 1. The molecule has 24 heavy (non-hydrogen) atoms. The summed E-state index contributed by atoms with van der Waals surface area (Å²) in [4.78, 5) is 15.9. The Kier molecular flexibility index (Phi) is 5.00. The zero-order valence-corrected chi connectivity index (χ0v) is 15.0. The second-order valence-corrected chi connectivity index (χ2v) is 7.20. The maximum absolute atomic E-state index is 12.9. The van der Waals surface area contributed by atoms with E-state index in [2.05, 4.69) is 18.3 Å². The van der Waals surface area contributed by atoms with Crippen molar-refractivity contribution in [3.05, 3.63) is 48.0 Å². The third-order valence-electron chi connectivity index (χ3n) is 4.13. The number of rotatable bonds is 3. The van der Waals surface area contributed by atoms with Crippen molar-refractivity contribution in [1.29, 1.82) is 0 Å². The quantitative estimate of drug-likeness (QED) is 0.860. The van der Waals surface area contributed by atoms with Crippen molar-refractivity contribution in [3.63, 3.8) is 0 Å². The molecule has 1 atom stereocenters. The number of carbonyl (C=O) groups is 1. The van der Waals surface area contributed by atoms with Gasteiger partial charge in [0.1, 0.15) is 5.75 Å². The van der Waals surface area contributed by atoms with Crippen LogP contribution in [0.15, 0.2) is 47.4 Å². The molecule has 1 N–H and O–H groups in total. The summed E-state index contributed by atoms with van der Waals surface area (Å²) in [5.74, 6) is 0.667. The smallest absolute Gasteiger partial charge is 0.326 e. The number of methoxy groups -OCH3 is 1. The number of benzene rings is 2. The summed E-state index contributed by atoms with van der Waals surface area (Å²) < 4.78 is 5.36. The highest BCUT2D eigenvalue weighted by molar-refractivity contribution is 8.00. The minimum absolute atomic E-state index is 0.120. The number of amides is 2. The van der Waals surface area contributed by atoms with Gasteiger partial charge >= 0.3 is 6.03 Å². The largest absolute Gasteiger partial charge is 0.495 e. The number of hydrogen-bond acceptors (Lipinski definition) is 3. The van der Waals surface area contributed by atoms with Gasteiger partial charge in [-0.3, -0.25) is 4.90 Å². The number of para-hydroxylation sites is 1. The number of nitrogens with one attached hydrogen (secondary N) is 1. The van der Waals surface area contributed by atoms with Crippen LogP contribution >= 0.6 is 11.8 Å². The molecule has 2 amide bonds. The van der Waals surface area contributed by atoms with Crippen molar-refractivity contribution >= 4 is 29.2 Å². The molecule has 3 rings (SSSR count). The Morgan fingerprint density at radius 2 is 2.12 bits per heavy atom. The van der Waals surface area contributed by atoms with Crippen LogP contribution in [0.2, 0.25) is 0 Å². The number of anilines is 2. The first-order chi connectivity index (χ1) is 11.6. The first-order valence-corrected chi connectivity index (χ1v) is 8.99. The number of carbonyl (C=O) groups excluding carboxylic acids is 1. The van der Waals surface area contributed by atoms with E-state index >= 15 is 0 Å². The van der Waals surface area contributed by atoms with Crippen molar-refractivity contribution in [3.8, 4) is 5.75 Å². The maximum Gasteiger partial charge on any atom is 0.326 e. The molecule has 1 aliphatic heterocycles. The van der Waals surface area contributed by atoms with E-state index in [0.717, 1.165) is 22.6 Å². The van der Waals surface area contributed by atoms with E-state index in [4.69, 9.17) is 4.74 Å². The van der Waals surface area contributed by atoms with Crippen LogP contribution < -0.4 is 15.0 Å². The van der Waals surface area contributed by atoms with Crippen molar-refractivity contribution in [2.45, 2.75) is 30.4 Å². The van der Waals surface area contributed by atoms with Gasteiger partial charge in [0.05, 0.1) is 18.5 Å². The molecular formula is C19H22N2O2S. The average molecular weight is 342 g/mol. The SMILES string of the molecule is CC[C@H]1CN(C(=O)Nc2cc(C)ccc2OC)c2ccccc2S1. The minimum Gasteiger partial charge on any atom is -0.495 e. The van der Waals surface area contributed by atoms with E-state index < -0.39 is 0 Å². The Labute approximate surface area is 147 Å². The van der Waals surface area contributed by atoms with Crippen molar-refractivity contribution in [2.75, 3.05) is 23.9 Å². The second kappa shape index (κ2) is 7.18. The molecule has 0 radical (unpaired) electrons. The van der Waals surface area contributed by atoms with Crippen LogP contribution in [-0.4, -0.2) is 24.9 Å². The highest BCUT2D eigenvalue weighted by atomic mass is 32.2. The van der Waals surface area contributed by atoms with Gasteiger partial charge in [-0.25, -0.2) is 4.79 Å². The van der Waals surface area contributed by atoms with Crippen molar-refractivity contribution in [1.82, 2.24) is 0 Å². The van der Waals surface area contributed by atoms with Gasteiger partial charge in [0, 0.05) is 16.7 Å². The summed E-state index contributed by atoms with van der Waals surface area (Å²) in [6.45, 7) is 4.86. The van der Waals surface area contributed by atoms with Gasteiger partial charge in [-0.2, -0.15) is 0 Å². The van der Waals surface area contributed by atoms with Gasteiger partial charge in [-0.05, 0) is 43.2 Å². The zero-order chi connectivity index (χ0) is 17.1. The second-order valence-electron chi connectivity index (χ2n) is 5.86. The molecule has 5 heteroatoms. The van der Waals surface area contributed by atoms with Crippen LogP contribution in [0.25, 0.3) is 0 Å². The Morgan fingerprint density at radius 1 is 1.33 bits per heavy atom. The molecule has 0 bridgehead atoms. The first-order valence-electron chi connectivity index (χ1n) is 8.11. The van der Waals surface area contributed by atoms with Crippen molar-refractivity contribution < 1.29 is 9.53 Å². The molecule has 1 heterocycles. The van der Waals surface area contributed by atoms with Gasteiger partial charge in [0.2, 0.25) is 0 Å². The van der Waals surface area contributed by atoms with Crippen LogP contribution in [0.4, 0.5) is 16.2 Å². The molecule has 0 spiro atoms. The van der Waals surface area contributed by atoms with Gasteiger partial charge < -0.3 is 10.1 Å². The first kappa shape index (κ1) is 16.7. The number of thioether (sulfide) groups is 1. The van der Waals surface area contributed by atoms with E-state index in [1.807, 2.05) is 60.0 Å². The fourth-order valence-electron chi connectivity index (χ4n) is 2.81. The molecule has 1 aliphatic rings. The Morgan fingerprint density at radius 3 is 2.88 bits per heavy atom. The zero-order valence-electron chi connectivity index (χ0n) is 14.2. The minimum atomic E-state index is -0.120. The van der Waals surface area contributed by atoms with Gasteiger partial charge in [-0.15, -0.1) is 11.8 Å². The molecule has 0 fully saturated rings. The van der Waals surface area contributed by atoms with E-state index in [1.54, 1.807) is 7.11 Å². The summed E-state index contributed by atoms with van der Waals surface area (Å²) in [6, 6.07) is 13.7. The highest BCUT2D eigenvalue weighted by Crippen LogP contribution is 2.39. The average Bonchev–Trinajstić information content (AvgIpc) is 2.60. The van der Waals surface area contributed by atoms with Crippen molar-refractivity contribution in [2.24, 2.45) is 0 Å². The van der Waals surface area contributed by atoms with E-state index in [9.17, 15) is 4.79 Å². The van der Waals surface area contributed by atoms with Gasteiger partial charge in [0.25, 0.3) is 0 Å². The summed E-state index contributed by atoms with van der Waals surface area (Å²) in [5, 5.41) is 3.42. The van der Waals surface area contributed by atoms with E-state index in [-0.39, 0.29) is 6.03 Å². The normalized spacial score (nSPS) is 16.5. The lowest BCUT2D eigenvalue weighted by Crippen LogP contribution is -2.42. The molecule has 126 valence electrons. The third-order valence-corrected chi connectivity index (χ3v) is 5.55. The summed E-state index contributed by atoms with van der Waals surface area (Å²) in [7, 11) is 1.61. The summed E-state index contributed by atoms with van der Waals surface area (Å²) in [5.41, 5.74) is 2.75. The van der Waals surface area contributed by atoms with Crippen LogP contribution in [0, 0.1) is 6.92 Å². The molecule has 0 saturated heterocycles. The summed E-state index contributed by atoms with van der Waals surface area (Å²) in [6.07, 6.45) is 1.02. The van der Waals surface area contributed by atoms with E-state index in [1.165, 1.54) is 0 Å². The topological polar surface area (TPSA) is 41.6 Å².